The van der Waals surface area contributed by atoms with Crippen LogP contribution in [0.2, 0.25) is 0 Å². The van der Waals surface area contributed by atoms with Gasteiger partial charge < -0.3 is 19.2 Å². The highest BCUT2D eigenvalue weighted by atomic mass is 16.6. The minimum absolute atomic E-state index is 0.257. The van der Waals surface area contributed by atoms with Crippen LogP contribution in [-0.4, -0.2) is 41.2 Å². The number of aromatic nitrogens is 2. The molecule has 1 atom stereocenters. The molecule has 1 unspecified atom stereocenters. The maximum atomic E-state index is 12.6. The molecule has 1 N–H and O–H groups in total. The molecule has 0 radical (unpaired) electrons. The highest BCUT2D eigenvalue weighted by molar-refractivity contribution is 5.81. The lowest BCUT2D eigenvalue weighted by Crippen LogP contribution is -2.32. The molecule has 0 aliphatic carbocycles. The minimum atomic E-state index is -0.812. The molecule has 9 heteroatoms. The quantitative estimate of drug-likeness (QED) is 0.438. The molecule has 3 rings (SSSR count). The van der Waals surface area contributed by atoms with E-state index < -0.39 is 23.3 Å². The molecule has 0 saturated carbocycles. The first-order chi connectivity index (χ1) is 14.9. The molecule has 3 aromatic rings. The summed E-state index contributed by atoms with van der Waals surface area (Å²) in [5.41, 5.74) is -0.157. The minimum Gasteiger partial charge on any atom is -0.490 e. The van der Waals surface area contributed by atoms with Gasteiger partial charge in [0.15, 0.2) is 17.6 Å². The molecule has 0 aliphatic rings. The Balaban J connectivity index is 1.90. The fourth-order valence-electron chi connectivity index (χ4n) is 2.85. The van der Waals surface area contributed by atoms with Crippen molar-refractivity contribution in [2.45, 2.75) is 26.9 Å². The Morgan fingerprint density at radius 3 is 2.65 bits per heavy atom. The Bertz CT molecular complexity index is 1230. The van der Waals surface area contributed by atoms with E-state index in [0.717, 1.165) is 4.68 Å². The second kappa shape index (κ2) is 9.75. The SMILES string of the molecule is CCOC(=O)C(C)Oc1ccc(C=Nn2c(=O)[nH]c3ccccc3c2=O)cc1OCC. The number of hydrogen-bond acceptors (Lipinski definition) is 7. The predicted molar refractivity (Wildman–Crippen MR) is 116 cm³/mol. The van der Waals surface area contributed by atoms with Crippen LogP contribution < -0.4 is 20.7 Å². The molecule has 0 aliphatic heterocycles. The highest BCUT2D eigenvalue weighted by Crippen LogP contribution is 2.29. The maximum Gasteiger partial charge on any atom is 0.349 e. The van der Waals surface area contributed by atoms with Crippen LogP contribution in [0, 0.1) is 0 Å². The Labute approximate surface area is 177 Å². The average Bonchev–Trinajstić information content (AvgIpc) is 2.75. The van der Waals surface area contributed by atoms with E-state index in [1.165, 1.54) is 6.21 Å². The molecule has 0 bridgehead atoms. The van der Waals surface area contributed by atoms with Gasteiger partial charge in [0.2, 0.25) is 0 Å². The molecule has 0 saturated heterocycles. The topological polar surface area (TPSA) is 112 Å². The van der Waals surface area contributed by atoms with Gasteiger partial charge in [-0.15, -0.1) is 4.68 Å². The number of carbonyl (C=O) groups excluding carboxylic acids is 1. The summed E-state index contributed by atoms with van der Waals surface area (Å²) in [6, 6.07) is 11.6. The lowest BCUT2D eigenvalue weighted by atomic mass is 10.2. The van der Waals surface area contributed by atoms with Gasteiger partial charge in [-0.1, -0.05) is 12.1 Å². The van der Waals surface area contributed by atoms with E-state index in [-0.39, 0.29) is 6.61 Å². The molecule has 162 valence electrons. The highest BCUT2D eigenvalue weighted by Gasteiger charge is 2.18. The summed E-state index contributed by atoms with van der Waals surface area (Å²) in [6.45, 7) is 5.74. The number of benzene rings is 2. The first-order valence-corrected chi connectivity index (χ1v) is 9.83. The number of esters is 1. The van der Waals surface area contributed by atoms with Gasteiger partial charge in [-0.2, -0.15) is 5.10 Å². The number of ether oxygens (including phenoxy) is 3. The van der Waals surface area contributed by atoms with Crippen molar-refractivity contribution in [1.29, 1.82) is 0 Å². The lowest BCUT2D eigenvalue weighted by Gasteiger charge is -2.16. The Kier molecular flexibility index (Phi) is 6.86. The summed E-state index contributed by atoms with van der Waals surface area (Å²) in [5, 5.41) is 4.39. The number of para-hydroxylation sites is 1. The fraction of sp³-hybridized carbons (Fsp3) is 0.273. The normalized spacial score (nSPS) is 12.1. The smallest absolute Gasteiger partial charge is 0.349 e. The van der Waals surface area contributed by atoms with Gasteiger partial charge >= 0.3 is 11.7 Å². The number of hydrogen-bond donors (Lipinski definition) is 1. The molecule has 0 fully saturated rings. The zero-order chi connectivity index (χ0) is 22.4. The van der Waals surface area contributed by atoms with E-state index in [4.69, 9.17) is 14.2 Å². The van der Waals surface area contributed by atoms with E-state index >= 15 is 0 Å². The summed E-state index contributed by atoms with van der Waals surface area (Å²) in [7, 11) is 0. The molecule has 2 aromatic carbocycles. The molecule has 9 nitrogen and oxygen atoms in total. The van der Waals surface area contributed by atoms with Crippen LogP contribution in [0.1, 0.15) is 26.3 Å². The van der Waals surface area contributed by atoms with Crippen molar-refractivity contribution in [2.75, 3.05) is 13.2 Å². The summed E-state index contributed by atoms with van der Waals surface area (Å²) in [4.78, 5) is 39.3. The summed E-state index contributed by atoms with van der Waals surface area (Å²) in [5.74, 6) is 0.271. The molecule has 0 amide bonds. The van der Waals surface area contributed by atoms with Crippen molar-refractivity contribution in [3.8, 4) is 11.5 Å². The molecule has 1 heterocycles. The first-order valence-electron chi connectivity index (χ1n) is 9.83. The molecular formula is C22H23N3O6. The molecule has 1 aromatic heterocycles. The van der Waals surface area contributed by atoms with Crippen LogP contribution in [0.4, 0.5) is 0 Å². The van der Waals surface area contributed by atoms with Crippen LogP contribution in [0.25, 0.3) is 10.9 Å². The fourth-order valence-corrected chi connectivity index (χ4v) is 2.85. The number of aromatic amines is 1. The number of rotatable bonds is 8. The number of H-pyrrole nitrogens is 1. The number of carbonyl (C=O) groups is 1. The lowest BCUT2D eigenvalue weighted by molar-refractivity contribution is -0.150. The van der Waals surface area contributed by atoms with Gasteiger partial charge in [-0.3, -0.25) is 4.79 Å². The van der Waals surface area contributed by atoms with Crippen molar-refractivity contribution < 1.29 is 19.0 Å². The average molecular weight is 425 g/mol. The van der Waals surface area contributed by atoms with Crippen LogP contribution in [-0.2, 0) is 9.53 Å². The maximum absolute atomic E-state index is 12.6. The number of fused-ring (bicyclic) bond motifs is 1. The second-order valence-corrected chi connectivity index (χ2v) is 6.49. The Hall–Kier alpha value is -3.88. The van der Waals surface area contributed by atoms with Crippen LogP contribution in [0.3, 0.4) is 0 Å². The van der Waals surface area contributed by atoms with E-state index in [0.29, 0.717) is 34.6 Å². The van der Waals surface area contributed by atoms with Crippen molar-refractivity contribution in [3.63, 3.8) is 0 Å². The van der Waals surface area contributed by atoms with E-state index in [1.54, 1.807) is 56.3 Å². The van der Waals surface area contributed by atoms with E-state index in [1.807, 2.05) is 6.92 Å². The summed E-state index contributed by atoms with van der Waals surface area (Å²) >= 11 is 0. The van der Waals surface area contributed by atoms with Crippen LogP contribution in [0.5, 0.6) is 11.5 Å². The van der Waals surface area contributed by atoms with E-state index in [9.17, 15) is 14.4 Å². The standard InChI is InChI=1S/C22H23N3O6/c1-4-29-19-12-15(10-11-18(19)31-14(3)21(27)30-5-2)13-23-25-20(26)16-8-6-7-9-17(16)24-22(25)28/h6-14H,4-5H2,1-3H3,(H,24,28). The van der Waals surface area contributed by atoms with Crippen molar-refractivity contribution >= 4 is 23.1 Å². The second-order valence-electron chi connectivity index (χ2n) is 6.49. The Morgan fingerprint density at radius 1 is 1.13 bits per heavy atom. The third kappa shape index (κ3) is 5.00. The molecule has 0 spiro atoms. The number of nitrogens with one attached hydrogen (secondary N) is 1. The van der Waals surface area contributed by atoms with Gasteiger partial charge in [-0.25, -0.2) is 9.59 Å². The van der Waals surface area contributed by atoms with Gasteiger partial charge in [0.25, 0.3) is 5.56 Å². The van der Waals surface area contributed by atoms with Gasteiger partial charge in [0.05, 0.1) is 30.3 Å². The third-order valence-electron chi connectivity index (χ3n) is 4.30. The summed E-state index contributed by atoms with van der Waals surface area (Å²) in [6.07, 6.45) is 0.556. The zero-order valence-corrected chi connectivity index (χ0v) is 17.5. The molecule has 31 heavy (non-hydrogen) atoms. The molecular weight excluding hydrogens is 402 g/mol. The predicted octanol–water partition coefficient (Wildman–Crippen LogP) is 2.30. The Morgan fingerprint density at radius 2 is 1.90 bits per heavy atom. The van der Waals surface area contributed by atoms with Gasteiger partial charge in [-0.05, 0) is 56.7 Å². The summed E-state index contributed by atoms with van der Waals surface area (Å²) < 4.78 is 17.0. The number of nitrogens with zero attached hydrogens (tertiary/aromatic N) is 2. The van der Waals surface area contributed by atoms with Crippen LogP contribution in [0.15, 0.2) is 57.2 Å². The monoisotopic (exact) mass is 425 g/mol. The first kappa shape index (κ1) is 21.8. The van der Waals surface area contributed by atoms with Crippen LogP contribution >= 0.6 is 0 Å². The zero-order valence-electron chi connectivity index (χ0n) is 17.5. The van der Waals surface area contributed by atoms with E-state index in [2.05, 4.69) is 10.1 Å². The largest absolute Gasteiger partial charge is 0.490 e. The van der Waals surface area contributed by atoms with Crippen molar-refractivity contribution in [2.24, 2.45) is 5.10 Å². The van der Waals surface area contributed by atoms with Crippen molar-refractivity contribution in [3.05, 3.63) is 68.9 Å². The third-order valence-corrected chi connectivity index (χ3v) is 4.30. The van der Waals surface area contributed by atoms with Gasteiger partial charge in [0.1, 0.15) is 0 Å². The van der Waals surface area contributed by atoms with Crippen molar-refractivity contribution in [1.82, 2.24) is 9.66 Å². The van der Waals surface area contributed by atoms with Gasteiger partial charge in [0, 0.05) is 0 Å².